The fraction of sp³-hybridized carbons (Fsp3) is 0.400. The Morgan fingerprint density at radius 2 is 1.64 bits per heavy atom. The number of sulfonamides is 1. The fourth-order valence-electron chi connectivity index (χ4n) is 2.75. The van der Waals surface area contributed by atoms with Crippen LogP contribution in [0.5, 0.6) is 0 Å². The molecule has 2 aromatic rings. The minimum absolute atomic E-state index is 0.208. The molecule has 0 unspecified atom stereocenters. The van der Waals surface area contributed by atoms with Crippen LogP contribution in [0.25, 0.3) is 0 Å². The maximum absolute atomic E-state index is 12.7. The van der Waals surface area contributed by atoms with E-state index in [4.69, 9.17) is 0 Å². The third-order valence-corrected chi connectivity index (χ3v) is 5.72. The van der Waals surface area contributed by atoms with Crippen LogP contribution in [0.3, 0.4) is 0 Å². The van der Waals surface area contributed by atoms with Gasteiger partial charge in [0, 0.05) is 0 Å². The van der Waals surface area contributed by atoms with Crippen LogP contribution < -0.4 is 4.72 Å². The van der Waals surface area contributed by atoms with Gasteiger partial charge in [0.1, 0.15) is 0 Å². The van der Waals surface area contributed by atoms with E-state index >= 15 is 0 Å². The van der Waals surface area contributed by atoms with Crippen molar-refractivity contribution in [2.24, 2.45) is 0 Å². The summed E-state index contributed by atoms with van der Waals surface area (Å²) in [6.45, 7) is 4.01. The van der Waals surface area contributed by atoms with Crippen LogP contribution in [0.1, 0.15) is 49.8 Å². The zero-order valence-corrected chi connectivity index (χ0v) is 15.7. The number of hydrogen-bond acceptors (Lipinski definition) is 3. The molecule has 0 spiro atoms. The first kappa shape index (κ1) is 19.6. The molecule has 2 N–H and O–H groups in total. The van der Waals surface area contributed by atoms with E-state index in [1.54, 1.807) is 24.3 Å². The fourth-order valence-corrected chi connectivity index (χ4v) is 4.01. The number of benzene rings is 2. The monoisotopic (exact) mass is 361 g/mol. The minimum atomic E-state index is -3.71. The number of aryl methyl sites for hydroxylation is 1. The molecule has 0 saturated carbocycles. The summed E-state index contributed by atoms with van der Waals surface area (Å²) in [5.74, 6) is 0. The molecule has 0 heterocycles. The maximum Gasteiger partial charge on any atom is 0.241 e. The Balaban J connectivity index is 2.24. The molecule has 2 rings (SSSR count). The van der Waals surface area contributed by atoms with Gasteiger partial charge in [0.05, 0.1) is 17.0 Å². The van der Waals surface area contributed by atoms with Gasteiger partial charge >= 0.3 is 0 Å². The van der Waals surface area contributed by atoms with Crippen molar-refractivity contribution < 1.29 is 13.5 Å². The second-order valence-electron chi connectivity index (χ2n) is 6.39. The third kappa shape index (κ3) is 5.66. The summed E-state index contributed by atoms with van der Waals surface area (Å²) in [7, 11) is -3.71. The molecule has 0 aliphatic carbocycles. The van der Waals surface area contributed by atoms with Gasteiger partial charge in [0.25, 0.3) is 0 Å². The van der Waals surface area contributed by atoms with Gasteiger partial charge in [-0.2, -0.15) is 0 Å². The number of unbranched alkanes of at least 4 members (excludes halogenated alkanes) is 2. The van der Waals surface area contributed by atoms with Gasteiger partial charge in [0.2, 0.25) is 10.0 Å². The highest BCUT2D eigenvalue weighted by atomic mass is 32.2. The van der Waals surface area contributed by atoms with Crippen LogP contribution >= 0.6 is 0 Å². The first-order chi connectivity index (χ1) is 11.9. The van der Waals surface area contributed by atoms with Gasteiger partial charge in [-0.25, -0.2) is 13.1 Å². The number of aliphatic hydroxyl groups is 1. The highest BCUT2D eigenvalue weighted by molar-refractivity contribution is 7.89. The Hall–Kier alpha value is -1.69. The Morgan fingerprint density at radius 3 is 2.24 bits per heavy atom. The Labute approximate surface area is 151 Å². The minimum Gasteiger partial charge on any atom is -0.391 e. The molecule has 0 fully saturated rings. The van der Waals surface area contributed by atoms with Crippen LogP contribution in [0.4, 0.5) is 0 Å². The van der Waals surface area contributed by atoms with Crippen LogP contribution in [-0.2, 0) is 10.0 Å². The summed E-state index contributed by atoms with van der Waals surface area (Å²) < 4.78 is 28.2. The first-order valence-electron chi connectivity index (χ1n) is 8.76. The molecule has 4 nitrogen and oxygen atoms in total. The lowest BCUT2D eigenvalue weighted by Gasteiger charge is -2.24. The van der Waals surface area contributed by atoms with E-state index < -0.39 is 22.2 Å². The van der Waals surface area contributed by atoms with E-state index in [1.165, 1.54) is 0 Å². The molecule has 2 atom stereocenters. The van der Waals surface area contributed by atoms with Crippen molar-refractivity contribution in [3.05, 3.63) is 65.7 Å². The van der Waals surface area contributed by atoms with Gasteiger partial charge in [-0.1, -0.05) is 74.2 Å². The zero-order valence-electron chi connectivity index (χ0n) is 14.9. The molecule has 5 heteroatoms. The maximum atomic E-state index is 12.7. The van der Waals surface area contributed by atoms with E-state index in [0.717, 1.165) is 30.4 Å². The predicted molar refractivity (Wildman–Crippen MR) is 101 cm³/mol. The van der Waals surface area contributed by atoms with Crippen LogP contribution in [-0.4, -0.2) is 19.6 Å². The molecular formula is C20H27NO3S. The summed E-state index contributed by atoms with van der Waals surface area (Å²) in [6.07, 6.45) is 2.73. The smallest absolute Gasteiger partial charge is 0.241 e. The van der Waals surface area contributed by atoms with Crippen LogP contribution in [0.2, 0.25) is 0 Å². The summed E-state index contributed by atoms with van der Waals surface area (Å²) in [5.41, 5.74) is 1.76. The molecule has 0 amide bonds. The molecule has 0 aliphatic heterocycles. The lowest BCUT2D eigenvalue weighted by Crippen LogP contribution is -2.36. The van der Waals surface area contributed by atoms with Gasteiger partial charge in [0.15, 0.2) is 0 Å². The Morgan fingerprint density at radius 1 is 1.00 bits per heavy atom. The first-order valence-corrected chi connectivity index (χ1v) is 10.2. The summed E-state index contributed by atoms with van der Waals surface area (Å²) >= 11 is 0. The molecular weight excluding hydrogens is 334 g/mol. The topological polar surface area (TPSA) is 66.4 Å². The van der Waals surface area contributed by atoms with Crippen LogP contribution in [0, 0.1) is 6.92 Å². The van der Waals surface area contributed by atoms with Gasteiger partial charge in [-0.05, 0) is 31.0 Å². The molecule has 2 aromatic carbocycles. The average Bonchev–Trinajstić information content (AvgIpc) is 2.61. The Bertz CT molecular complexity index is 742. The average molecular weight is 362 g/mol. The molecule has 0 bridgehead atoms. The molecule has 0 saturated heterocycles. The van der Waals surface area contributed by atoms with Crippen LogP contribution in [0.15, 0.2) is 59.5 Å². The van der Waals surface area contributed by atoms with Gasteiger partial charge in [-0.15, -0.1) is 0 Å². The van der Waals surface area contributed by atoms with Crippen molar-refractivity contribution in [1.29, 1.82) is 0 Å². The molecule has 25 heavy (non-hydrogen) atoms. The second kappa shape index (κ2) is 9.13. The SMILES string of the molecule is CCCCC[C@H](O)[C@H](NS(=O)(=O)c1ccc(C)cc1)c1ccccc1. The highest BCUT2D eigenvalue weighted by Crippen LogP contribution is 2.24. The normalized spacial score (nSPS) is 14.2. The molecule has 136 valence electrons. The van der Waals surface area contributed by atoms with E-state index in [0.29, 0.717) is 6.42 Å². The van der Waals surface area contributed by atoms with E-state index in [2.05, 4.69) is 11.6 Å². The van der Waals surface area contributed by atoms with Gasteiger partial charge < -0.3 is 5.11 Å². The second-order valence-corrected chi connectivity index (χ2v) is 8.10. The van der Waals surface area contributed by atoms with Crippen molar-refractivity contribution in [3.8, 4) is 0 Å². The van der Waals surface area contributed by atoms with Gasteiger partial charge in [-0.3, -0.25) is 0 Å². The predicted octanol–water partition coefficient (Wildman–Crippen LogP) is 3.96. The van der Waals surface area contributed by atoms with Crippen molar-refractivity contribution in [2.75, 3.05) is 0 Å². The molecule has 0 aliphatic rings. The molecule has 0 radical (unpaired) electrons. The lowest BCUT2D eigenvalue weighted by molar-refractivity contribution is 0.125. The summed E-state index contributed by atoms with van der Waals surface area (Å²) in [6, 6.07) is 15.3. The van der Waals surface area contributed by atoms with E-state index in [-0.39, 0.29) is 4.90 Å². The highest BCUT2D eigenvalue weighted by Gasteiger charge is 2.27. The number of aliphatic hydroxyl groups excluding tert-OH is 1. The van der Waals surface area contributed by atoms with E-state index in [9.17, 15) is 13.5 Å². The standard InChI is InChI=1S/C20H27NO3S/c1-3-4-6-11-19(22)20(17-9-7-5-8-10-17)21-25(23,24)18-14-12-16(2)13-15-18/h5,7-10,12-15,19-22H,3-4,6,11H2,1-2H3/t19-,20+/m0/s1. The van der Waals surface area contributed by atoms with Crippen molar-refractivity contribution >= 4 is 10.0 Å². The van der Waals surface area contributed by atoms with E-state index in [1.807, 2.05) is 37.3 Å². The largest absolute Gasteiger partial charge is 0.391 e. The quantitative estimate of drug-likeness (QED) is 0.665. The summed E-state index contributed by atoms with van der Waals surface area (Å²) in [4.78, 5) is 0.208. The zero-order chi connectivity index (χ0) is 18.3. The molecule has 0 aromatic heterocycles. The van der Waals surface area contributed by atoms with Crippen molar-refractivity contribution in [1.82, 2.24) is 4.72 Å². The van der Waals surface area contributed by atoms with Crippen molar-refractivity contribution in [3.63, 3.8) is 0 Å². The van der Waals surface area contributed by atoms with Crippen molar-refractivity contribution in [2.45, 2.75) is 56.6 Å². The Kier molecular flexibility index (Phi) is 7.17. The number of nitrogens with one attached hydrogen (secondary N) is 1. The summed E-state index contributed by atoms with van der Waals surface area (Å²) in [5, 5.41) is 10.6. The number of rotatable bonds is 9. The third-order valence-electron chi connectivity index (χ3n) is 4.26. The lowest BCUT2D eigenvalue weighted by atomic mass is 9.98. The number of hydrogen-bond donors (Lipinski definition) is 2.